The zero-order chi connectivity index (χ0) is 25.7. The molecule has 1 aromatic rings. The van der Waals surface area contributed by atoms with Crippen LogP contribution in [0.5, 0.6) is 5.75 Å². The number of ether oxygens (including phenoxy) is 3. The number of ketones is 1. The van der Waals surface area contributed by atoms with Crippen LogP contribution in [-0.4, -0.2) is 81.7 Å². The van der Waals surface area contributed by atoms with E-state index >= 15 is 0 Å². The first kappa shape index (κ1) is 27.8. The predicted molar refractivity (Wildman–Crippen MR) is 127 cm³/mol. The molecule has 1 saturated heterocycles. The predicted octanol–water partition coefficient (Wildman–Crippen LogP) is 1.30. The van der Waals surface area contributed by atoms with Gasteiger partial charge in [-0.25, -0.2) is 0 Å². The highest BCUT2D eigenvalue weighted by Crippen LogP contribution is 2.34. The average Bonchev–Trinajstić information content (AvgIpc) is 2.83. The van der Waals surface area contributed by atoms with Crippen molar-refractivity contribution in [3.63, 3.8) is 0 Å². The Labute approximate surface area is 205 Å². The second-order valence-corrected chi connectivity index (χ2v) is 9.70. The Kier molecular flexibility index (Phi) is 9.86. The maximum Gasteiger partial charge on any atom is 0.227 e. The molecule has 35 heavy (non-hydrogen) atoms. The molecule has 2 heterocycles. The SMILES string of the molecule is COc1c(C)[nH]c2c(c1=O)[C@@H](CCCCCCC(C)O[C@@H]1O[C@H](CO)[C@@H](O)[C@H](O)[C@H]1O)CCC2=O. The number of unbranched alkanes of at least 4 members (excludes halogenated alkanes) is 3. The number of carbonyl (C=O) groups excluding carboxylic acids is 1. The Balaban J connectivity index is 1.43. The van der Waals surface area contributed by atoms with Gasteiger partial charge in [-0.1, -0.05) is 25.7 Å². The van der Waals surface area contributed by atoms with Crippen LogP contribution >= 0.6 is 0 Å². The highest BCUT2D eigenvalue weighted by molar-refractivity contribution is 5.97. The van der Waals surface area contributed by atoms with Gasteiger partial charge in [-0.15, -0.1) is 0 Å². The van der Waals surface area contributed by atoms with Gasteiger partial charge in [-0.05, 0) is 39.0 Å². The first-order valence-corrected chi connectivity index (χ1v) is 12.5. The summed E-state index contributed by atoms with van der Waals surface area (Å²) in [5.41, 5.74) is 1.38. The first-order valence-electron chi connectivity index (χ1n) is 12.5. The fraction of sp³-hybridized carbons (Fsp3) is 0.760. The normalized spacial score (nSPS) is 29.6. The van der Waals surface area contributed by atoms with Crippen LogP contribution in [0.3, 0.4) is 0 Å². The van der Waals surface area contributed by atoms with Crippen molar-refractivity contribution in [1.82, 2.24) is 4.98 Å². The first-order chi connectivity index (χ1) is 16.7. The minimum Gasteiger partial charge on any atom is -0.491 e. The van der Waals surface area contributed by atoms with Crippen LogP contribution in [0.1, 0.15) is 86.0 Å². The van der Waals surface area contributed by atoms with Gasteiger partial charge in [0, 0.05) is 12.0 Å². The van der Waals surface area contributed by atoms with Gasteiger partial charge >= 0.3 is 0 Å². The summed E-state index contributed by atoms with van der Waals surface area (Å²) in [5, 5.41) is 39.1. The number of aliphatic hydroxyl groups is 4. The Bertz CT molecular complexity index is 915. The summed E-state index contributed by atoms with van der Waals surface area (Å²) in [6.07, 6.45) is -0.225. The van der Waals surface area contributed by atoms with Crippen LogP contribution in [0.25, 0.3) is 0 Å². The lowest BCUT2D eigenvalue weighted by Crippen LogP contribution is -2.59. The van der Waals surface area contributed by atoms with Gasteiger partial charge in [0.15, 0.2) is 17.8 Å². The minimum atomic E-state index is -1.45. The Hall–Kier alpha value is -1.82. The highest BCUT2D eigenvalue weighted by atomic mass is 16.7. The van der Waals surface area contributed by atoms with Gasteiger partial charge in [0.2, 0.25) is 5.43 Å². The van der Waals surface area contributed by atoms with Crippen LogP contribution in [0.4, 0.5) is 0 Å². The third kappa shape index (κ3) is 6.31. The van der Waals surface area contributed by atoms with Crippen LogP contribution in [0.15, 0.2) is 4.79 Å². The molecule has 1 aromatic heterocycles. The van der Waals surface area contributed by atoms with E-state index in [0.29, 0.717) is 36.2 Å². The van der Waals surface area contributed by atoms with E-state index in [1.165, 1.54) is 7.11 Å². The number of hydrogen-bond donors (Lipinski definition) is 5. The average molecular weight is 498 g/mol. The van der Waals surface area contributed by atoms with Crippen LogP contribution in [0.2, 0.25) is 0 Å². The second-order valence-electron chi connectivity index (χ2n) is 9.70. The van der Waals surface area contributed by atoms with Gasteiger partial charge < -0.3 is 39.6 Å². The quantitative estimate of drug-likeness (QED) is 0.284. The van der Waals surface area contributed by atoms with E-state index in [2.05, 4.69) is 4.98 Å². The molecule has 1 aliphatic carbocycles. The van der Waals surface area contributed by atoms with Gasteiger partial charge in [-0.3, -0.25) is 9.59 Å². The Morgan fingerprint density at radius 1 is 1.09 bits per heavy atom. The largest absolute Gasteiger partial charge is 0.491 e. The van der Waals surface area contributed by atoms with Gasteiger partial charge in [0.25, 0.3) is 0 Å². The number of aliphatic hydroxyl groups excluding tert-OH is 4. The number of Topliss-reactive ketones (excluding diaryl/α,β-unsaturated/α-hetero) is 1. The van der Waals surface area contributed by atoms with Gasteiger partial charge in [-0.2, -0.15) is 0 Å². The molecule has 10 heteroatoms. The van der Waals surface area contributed by atoms with Crippen LogP contribution in [0, 0.1) is 6.92 Å². The molecular weight excluding hydrogens is 458 g/mol. The summed E-state index contributed by atoms with van der Waals surface area (Å²) in [6, 6.07) is 0. The summed E-state index contributed by atoms with van der Waals surface area (Å²) >= 11 is 0. The number of aryl methyl sites for hydroxylation is 1. The van der Waals surface area contributed by atoms with Crippen LogP contribution < -0.4 is 10.2 Å². The number of fused-ring (bicyclic) bond motifs is 1. The van der Waals surface area contributed by atoms with Gasteiger partial charge in [0.05, 0.1) is 31.2 Å². The van der Waals surface area contributed by atoms with E-state index in [0.717, 1.165) is 32.1 Å². The number of H-pyrrole nitrogens is 1. The molecule has 1 unspecified atom stereocenters. The third-order valence-electron chi connectivity index (χ3n) is 7.11. The summed E-state index contributed by atoms with van der Waals surface area (Å²) in [6.45, 7) is 3.09. The molecule has 2 aliphatic rings. The lowest BCUT2D eigenvalue weighted by molar-refractivity contribution is -0.310. The van der Waals surface area contributed by atoms with E-state index in [1.807, 2.05) is 6.92 Å². The van der Waals surface area contributed by atoms with E-state index in [-0.39, 0.29) is 29.0 Å². The number of aromatic amines is 1. The lowest BCUT2D eigenvalue weighted by Gasteiger charge is -2.40. The van der Waals surface area contributed by atoms with Crippen molar-refractivity contribution in [2.45, 2.75) is 108 Å². The maximum absolute atomic E-state index is 12.9. The maximum atomic E-state index is 12.9. The lowest BCUT2D eigenvalue weighted by atomic mass is 9.81. The van der Waals surface area contributed by atoms with Crippen molar-refractivity contribution in [2.24, 2.45) is 0 Å². The van der Waals surface area contributed by atoms with Crippen molar-refractivity contribution >= 4 is 5.78 Å². The number of carbonyl (C=O) groups is 1. The molecule has 1 fully saturated rings. The molecule has 1 aliphatic heterocycles. The number of nitrogens with one attached hydrogen (secondary N) is 1. The number of aromatic nitrogens is 1. The zero-order valence-electron chi connectivity index (χ0n) is 20.7. The van der Waals surface area contributed by atoms with Crippen LogP contribution in [-0.2, 0) is 9.47 Å². The number of pyridine rings is 1. The monoisotopic (exact) mass is 497 g/mol. The highest BCUT2D eigenvalue weighted by Gasteiger charge is 2.44. The molecular formula is C25H39NO9. The summed E-state index contributed by atoms with van der Waals surface area (Å²) in [4.78, 5) is 28.4. The molecule has 5 N–H and O–H groups in total. The number of hydrogen-bond acceptors (Lipinski definition) is 9. The number of rotatable bonds is 11. The zero-order valence-corrected chi connectivity index (χ0v) is 20.7. The summed E-state index contributed by atoms with van der Waals surface area (Å²) in [5.74, 6) is 0.290. The molecule has 7 atom stereocenters. The molecule has 10 nitrogen and oxygen atoms in total. The molecule has 0 amide bonds. The van der Waals surface area contributed by atoms with E-state index in [1.54, 1.807) is 6.92 Å². The van der Waals surface area contributed by atoms with E-state index in [4.69, 9.17) is 14.2 Å². The van der Waals surface area contributed by atoms with E-state index < -0.39 is 37.3 Å². The van der Waals surface area contributed by atoms with Crippen molar-refractivity contribution in [3.05, 3.63) is 27.2 Å². The fourth-order valence-electron chi connectivity index (χ4n) is 5.09. The fourth-order valence-corrected chi connectivity index (χ4v) is 5.09. The van der Waals surface area contributed by atoms with E-state index in [9.17, 15) is 30.0 Å². The third-order valence-corrected chi connectivity index (χ3v) is 7.11. The van der Waals surface area contributed by atoms with Crippen molar-refractivity contribution in [3.8, 4) is 5.75 Å². The molecule has 198 valence electrons. The Morgan fingerprint density at radius 2 is 1.80 bits per heavy atom. The standard InChI is InChI=1S/C25H39NO9/c1-13(34-25-23(32)22(31)20(29)17(12-27)35-25)8-6-4-5-7-9-15-10-11-16(28)19-18(15)21(30)24(33-3)14(2)26-19/h13,15,17,20,22-23,25,27,29,31-32H,4-12H2,1-3H3,(H,26,30)/t13?,15-,17+,20+,22-,23+,25+/m0/s1. The second kappa shape index (κ2) is 12.4. The smallest absolute Gasteiger partial charge is 0.227 e. The number of methoxy groups -OCH3 is 1. The molecule has 0 bridgehead atoms. The van der Waals surface area contributed by atoms with Crippen molar-refractivity contribution < 1.29 is 39.4 Å². The summed E-state index contributed by atoms with van der Waals surface area (Å²) < 4.78 is 16.4. The van der Waals surface area contributed by atoms with Crippen molar-refractivity contribution in [2.75, 3.05) is 13.7 Å². The molecule has 0 saturated carbocycles. The molecule has 0 radical (unpaired) electrons. The molecule has 3 rings (SSSR count). The van der Waals surface area contributed by atoms with Gasteiger partial charge in [0.1, 0.15) is 24.4 Å². The minimum absolute atomic E-state index is 0.0208. The topological polar surface area (TPSA) is 159 Å². The Morgan fingerprint density at radius 3 is 2.49 bits per heavy atom. The molecule has 0 spiro atoms. The van der Waals surface area contributed by atoms with Crippen molar-refractivity contribution in [1.29, 1.82) is 0 Å². The summed E-state index contributed by atoms with van der Waals surface area (Å²) in [7, 11) is 1.46. The molecule has 0 aromatic carbocycles.